The largest absolute Gasteiger partial charge is 0.485 e. The van der Waals surface area contributed by atoms with Gasteiger partial charge in [-0.3, -0.25) is 20.2 Å². The highest BCUT2D eigenvalue weighted by Crippen LogP contribution is 2.39. The molecule has 11 heteroatoms. The Hall–Kier alpha value is -1.94. The summed E-state index contributed by atoms with van der Waals surface area (Å²) < 4.78 is 26.7. The summed E-state index contributed by atoms with van der Waals surface area (Å²) in [6.07, 6.45) is 0. The van der Waals surface area contributed by atoms with Crippen molar-refractivity contribution in [1.82, 2.24) is 0 Å². The maximum atomic E-state index is 11.1. The van der Waals surface area contributed by atoms with Gasteiger partial charge in [0.05, 0.1) is 21.9 Å². The number of nitro benzene ring substituents is 2. The lowest BCUT2D eigenvalue weighted by Gasteiger charge is -2.04. The van der Waals surface area contributed by atoms with E-state index < -0.39 is 40.9 Å². The fourth-order valence-electron chi connectivity index (χ4n) is 1.19. The molecule has 0 aliphatic carbocycles. The molecule has 0 radical (unpaired) electrons. The summed E-state index contributed by atoms with van der Waals surface area (Å²) in [5.74, 6) is -0.644. The second-order valence-corrected chi connectivity index (χ2v) is 5.51. The van der Waals surface area contributed by atoms with Crippen molar-refractivity contribution in [3.63, 3.8) is 0 Å². The fraction of sp³-hybridized carbons (Fsp3) is 0.143. The molecule has 0 fully saturated rings. The molecule has 1 aromatic carbocycles. The van der Waals surface area contributed by atoms with E-state index >= 15 is 0 Å². The zero-order valence-corrected chi connectivity index (χ0v) is 10.3. The van der Waals surface area contributed by atoms with Crippen LogP contribution in [-0.4, -0.2) is 25.4 Å². The van der Waals surface area contributed by atoms with Crippen LogP contribution in [0.25, 0.3) is 0 Å². The Balaban J connectivity index is 3.76. The average molecular weight is 297 g/mol. The zero-order chi connectivity index (χ0) is 14.1. The first-order valence-electron chi connectivity index (χ1n) is 4.14. The number of benzene rings is 1. The Morgan fingerprint density at radius 1 is 1.17 bits per heavy atom. The quantitative estimate of drug-likeness (QED) is 0.466. The standard InChI is InChI=1S/C7H5ClN2O7S/c1-17-7-5(9(11)12)2-4(18(8,15)16)3-6(7)10(13)14/h2-3H,1H3. The third-order valence-electron chi connectivity index (χ3n) is 1.90. The maximum Gasteiger partial charge on any atom is 0.319 e. The second-order valence-electron chi connectivity index (χ2n) is 2.95. The van der Waals surface area contributed by atoms with E-state index in [9.17, 15) is 28.6 Å². The van der Waals surface area contributed by atoms with E-state index in [0.29, 0.717) is 12.1 Å². The van der Waals surface area contributed by atoms with Crippen LogP contribution in [-0.2, 0) is 9.05 Å². The summed E-state index contributed by atoms with van der Waals surface area (Å²) in [6, 6.07) is 1.18. The molecule has 0 spiro atoms. The lowest BCUT2D eigenvalue weighted by molar-refractivity contribution is -0.396. The summed E-state index contributed by atoms with van der Waals surface area (Å²) in [6.45, 7) is 0. The minimum atomic E-state index is -4.33. The monoisotopic (exact) mass is 296 g/mol. The smallest absolute Gasteiger partial charge is 0.319 e. The molecular weight excluding hydrogens is 292 g/mol. The Kier molecular flexibility index (Phi) is 3.72. The highest BCUT2D eigenvalue weighted by atomic mass is 35.7. The molecular formula is C7H5ClN2O7S. The van der Waals surface area contributed by atoms with Gasteiger partial charge in [0.15, 0.2) is 0 Å². The summed E-state index contributed by atoms with van der Waals surface area (Å²) in [5.41, 5.74) is -1.71. The van der Waals surface area contributed by atoms with E-state index in [1.807, 2.05) is 0 Å². The average Bonchev–Trinajstić information content (AvgIpc) is 2.25. The van der Waals surface area contributed by atoms with Crippen LogP contribution in [0.5, 0.6) is 5.75 Å². The Labute approximate surface area is 105 Å². The van der Waals surface area contributed by atoms with Crippen LogP contribution < -0.4 is 4.74 Å². The number of methoxy groups -OCH3 is 1. The molecule has 98 valence electrons. The van der Waals surface area contributed by atoms with Crippen LogP contribution in [0.15, 0.2) is 17.0 Å². The van der Waals surface area contributed by atoms with Crippen LogP contribution in [0, 0.1) is 20.2 Å². The normalized spacial score (nSPS) is 11.0. The van der Waals surface area contributed by atoms with Gasteiger partial charge < -0.3 is 4.74 Å². The lowest BCUT2D eigenvalue weighted by Crippen LogP contribution is -2.02. The van der Waals surface area contributed by atoms with E-state index in [0.717, 1.165) is 7.11 Å². The van der Waals surface area contributed by atoms with Crippen molar-refractivity contribution in [2.24, 2.45) is 0 Å². The van der Waals surface area contributed by atoms with Crippen LogP contribution in [0.3, 0.4) is 0 Å². The summed E-state index contributed by atoms with van der Waals surface area (Å²) in [5, 5.41) is 21.4. The topological polar surface area (TPSA) is 130 Å². The van der Waals surface area contributed by atoms with Crippen LogP contribution >= 0.6 is 10.7 Å². The van der Waals surface area contributed by atoms with Crippen molar-refractivity contribution >= 4 is 31.1 Å². The predicted octanol–water partition coefficient (Wildman–Crippen LogP) is 1.44. The Bertz CT molecular complexity index is 592. The first-order chi connectivity index (χ1) is 8.18. The van der Waals surface area contributed by atoms with Crippen LogP contribution in [0.4, 0.5) is 11.4 Å². The number of rotatable bonds is 4. The van der Waals surface area contributed by atoms with Gasteiger partial charge >= 0.3 is 11.4 Å². The molecule has 1 aromatic rings. The highest BCUT2D eigenvalue weighted by molar-refractivity contribution is 8.13. The number of halogens is 1. The van der Waals surface area contributed by atoms with E-state index in [2.05, 4.69) is 4.74 Å². The second kappa shape index (κ2) is 4.74. The number of nitrogens with zero attached hydrogens (tertiary/aromatic N) is 2. The van der Waals surface area contributed by atoms with Gasteiger partial charge in [0.2, 0.25) is 0 Å². The number of ether oxygens (including phenoxy) is 1. The first kappa shape index (κ1) is 14.1. The third kappa shape index (κ3) is 2.65. The van der Waals surface area contributed by atoms with E-state index in [1.54, 1.807) is 0 Å². The molecule has 18 heavy (non-hydrogen) atoms. The van der Waals surface area contributed by atoms with Gasteiger partial charge in [-0.25, -0.2) is 8.42 Å². The maximum absolute atomic E-state index is 11.1. The van der Waals surface area contributed by atoms with Gasteiger partial charge in [0.1, 0.15) is 0 Å². The molecule has 0 unspecified atom stereocenters. The molecule has 0 saturated heterocycles. The minimum Gasteiger partial charge on any atom is -0.485 e. The van der Waals surface area contributed by atoms with Crippen LogP contribution in [0.1, 0.15) is 0 Å². The summed E-state index contributed by atoms with van der Waals surface area (Å²) in [4.78, 5) is 18.6. The zero-order valence-electron chi connectivity index (χ0n) is 8.69. The molecule has 0 bridgehead atoms. The van der Waals surface area contributed by atoms with Crippen molar-refractivity contribution in [3.8, 4) is 5.75 Å². The van der Waals surface area contributed by atoms with Crippen molar-refractivity contribution < 1.29 is 23.0 Å². The Morgan fingerprint density at radius 3 is 1.78 bits per heavy atom. The van der Waals surface area contributed by atoms with Crippen molar-refractivity contribution in [3.05, 3.63) is 32.4 Å². The molecule has 0 atom stereocenters. The van der Waals surface area contributed by atoms with Crippen molar-refractivity contribution in [2.75, 3.05) is 7.11 Å². The van der Waals surface area contributed by atoms with E-state index in [1.165, 1.54) is 0 Å². The molecule has 0 aromatic heterocycles. The number of hydrogen-bond acceptors (Lipinski definition) is 7. The van der Waals surface area contributed by atoms with Gasteiger partial charge in [0.25, 0.3) is 14.8 Å². The Morgan fingerprint density at radius 2 is 1.56 bits per heavy atom. The molecule has 1 rings (SSSR count). The molecule has 0 N–H and O–H groups in total. The van der Waals surface area contributed by atoms with Gasteiger partial charge in [-0.1, -0.05) is 0 Å². The predicted molar refractivity (Wildman–Crippen MR) is 59.3 cm³/mol. The molecule has 0 amide bonds. The number of nitro groups is 2. The van der Waals surface area contributed by atoms with Crippen molar-refractivity contribution in [1.29, 1.82) is 0 Å². The molecule has 0 heterocycles. The molecule has 9 nitrogen and oxygen atoms in total. The SMILES string of the molecule is COc1c([N+](=O)[O-])cc(S(=O)(=O)Cl)cc1[N+](=O)[O-]. The van der Waals surface area contributed by atoms with E-state index in [-0.39, 0.29) is 0 Å². The third-order valence-corrected chi connectivity index (χ3v) is 3.24. The minimum absolute atomic E-state index is 0.591. The molecule has 0 saturated carbocycles. The summed E-state index contributed by atoms with van der Waals surface area (Å²) in [7, 11) is 1.65. The van der Waals surface area contributed by atoms with Crippen molar-refractivity contribution in [2.45, 2.75) is 4.90 Å². The van der Waals surface area contributed by atoms with Gasteiger partial charge in [0, 0.05) is 22.8 Å². The highest BCUT2D eigenvalue weighted by Gasteiger charge is 2.30. The molecule has 0 aliphatic heterocycles. The van der Waals surface area contributed by atoms with Gasteiger partial charge in [-0.15, -0.1) is 0 Å². The first-order valence-corrected chi connectivity index (χ1v) is 6.45. The van der Waals surface area contributed by atoms with E-state index in [4.69, 9.17) is 10.7 Å². The number of hydrogen-bond donors (Lipinski definition) is 0. The van der Waals surface area contributed by atoms with Gasteiger partial charge in [-0.2, -0.15) is 0 Å². The van der Waals surface area contributed by atoms with Crippen LogP contribution in [0.2, 0.25) is 0 Å². The van der Waals surface area contributed by atoms with Gasteiger partial charge in [-0.05, 0) is 0 Å². The lowest BCUT2D eigenvalue weighted by atomic mass is 10.2. The fourth-order valence-corrected chi connectivity index (χ4v) is 1.97. The summed E-state index contributed by atoms with van der Waals surface area (Å²) >= 11 is 0. The molecule has 0 aliphatic rings.